The summed E-state index contributed by atoms with van der Waals surface area (Å²) in [6, 6.07) is 3.55. The second-order valence-electron chi connectivity index (χ2n) is 2.01. The van der Waals surface area contributed by atoms with Crippen LogP contribution in [-0.4, -0.2) is 16.6 Å². The zero-order chi connectivity index (χ0) is 10.3. The highest BCUT2D eigenvalue weighted by Gasteiger charge is 1.96. The summed E-state index contributed by atoms with van der Waals surface area (Å²) in [6.07, 6.45) is 1.50. The molecule has 0 aliphatic carbocycles. The Balaban J connectivity index is 0.000000424. The fraction of sp³-hybridized carbons (Fsp3) is 0.125. The van der Waals surface area contributed by atoms with Crippen molar-refractivity contribution in [2.75, 3.05) is 0 Å². The Hall–Kier alpha value is -1.60. The topological polar surface area (TPSA) is 74.0 Å². The highest BCUT2D eigenvalue weighted by molar-refractivity contribution is 6.31. The summed E-state index contributed by atoms with van der Waals surface area (Å²) in [5.41, 5.74) is 1.25. The third-order valence-electron chi connectivity index (χ3n) is 1.15. The number of halogens is 1. The number of aryl methyl sites for hydroxylation is 1. The van der Waals surface area contributed by atoms with Crippen molar-refractivity contribution < 1.29 is 9.90 Å². The Bertz CT molecular complexity index is 333. The molecule has 0 amide bonds. The van der Waals surface area contributed by atoms with Gasteiger partial charge in [-0.25, -0.2) is 0 Å². The van der Waals surface area contributed by atoms with Crippen LogP contribution in [0.4, 0.5) is 0 Å². The zero-order valence-electron chi connectivity index (χ0n) is 6.86. The first-order valence-electron chi connectivity index (χ1n) is 3.25. The number of carboxylic acid groups (broad SMARTS) is 1. The number of nitrogens with zero attached hydrogens (tertiary/aromatic N) is 2. The number of pyridine rings is 1. The SMILES string of the molecule is Cc1ncc(C#N)cc1Cl.O=CO. The molecule has 0 saturated heterocycles. The normalized spacial score (nSPS) is 7.77. The van der Waals surface area contributed by atoms with Gasteiger partial charge in [-0.2, -0.15) is 5.26 Å². The second kappa shape index (κ2) is 5.98. The monoisotopic (exact) mass is 198 g/mol. The molecular weight excluding hydrogens is 192 g/mol. The van der Waals surface area contributed by atoms with Crippen molar-refractivity contribution in [3.63, 3.8) is 0 Å². The fourth-order valence-electron chi connectivity index (χ4n) is 0.567. The highest BCUT2D eigenvalue weighted by atomic mass is 35.5. The molecule has 68 valence electrons. The van der Waals surface area contributed by atoms with Crippen LogP contribution >= 0.6 is 11.6 Å². The first-order valence-corrected chi connectivity index (χ1v) is 3.63. The average Bonchev–Trinajstić information content (AvgIpc) is 2.11. The standard InChI is InChI=1S/C7H5ClN2.CH2O2/c1-5-7(8)2-6(3-9)4-10-5;2-1-3/h2,4H,1H3;1H,(H,2,3). The van der Waals surface area contributed by atoms with Crippen molar-refractivity contribution in [3.05, 3.63) is 28.5 Å². The third kappa shape index (κ3) is 4.09. The minimum atomic E-state index is -0.250. The van der Waals surface area contributed by atoms with Crippen molar-refractivity contribution in [2.24, 2.45) is 0 Å². The lowest BCUT2D eigenvalue weighted by Crippen LogP contribution is -1.83. The van der Waals surface area contributed by atoms with Crippen molar-refractivity contribution in [1.82, 2.24) is 4.98 Å². The van der Waals surface area contributed by atoms with E-state index in [0.29, 0.717) is 10.6 Å². The van der Waals surface area contributed by atoms with Gasteiger partial charge in [0.05, 0.1) is 16.3 Å². The predicted octanol–water partition coefficient (Wildman–Crippen LogP) is 1.62. The Morgan fingerprint density at radius 3 is 2.69 bits per heavy atom. The number of hydrogen-bond acceptors (Lipinski definition) is 3. The number of rotatable bonds is 0. The molecule has 5 heteroatoms. The molecule has 0 spiro atoms. The van der Waals surface area contributed by atoms with E-state index in [1.54, 1.807) is 13.0 Å². The summed E-state index contributed by atoms with van der Waals surface area (Å²) in [7, 11) is 0. The average molecular weight is 199 g/mol. The lowest BCUT2D eigenvalue weighted by molar-refractivity contribution is -0.122. The van der Waals surface area contributed by atoms with Crippen molar-refractivity contribution in [3.8, 4) is 6.07 Å². The molecule has 1 N–H and O–H groups in total. The molecule has 0 bridgehead atoms. The molecule has 4 nitrogen and oxygen atoms in total. The van der Waals surface area contributed by atoms with E-state index in [1.807, 2.05) is 6.07 Å². The lowest BCUT2D eigenvalue weighted by atomic mass is 10.3. The molecule has 1 aromatic rings. The molecular formula is C8H7ClN2O2. The van der Waals surface area contributed by atoms with Gasteiger partial charge in [-0.05, 0) is 13.0 Å². The van der Waals surface area contributed by atoms with Crippen LogP contribution in [0, 0.1) is 18.3 Å². The van der Waals surface area contributed by atoms with Gasteiger partial charge in [0, 0.05) is 6.20 Å². The van der Waals surface area contributed by atoms with Gasteiger partial charge in [0.25, 0.3) is 6.47 Å². The summed E-state index contributed by atoms with van der Waals surface area (Å²) in [6.45, 7) is 1.55. The summed E-state index contributed by atoms with van der Waals surface area (Å²) in [5, 5.41) is 15.8. The fourth-order valence-corrected chi connectivity index (χ4v) is 0.734. The van der Waals surface area contributed by atoms with Crippen LogP contribution < -0.4 is 0 Å². The van der Waals surface area contributed by atoms with E-state index in [-0.39, 0.29) is 6.47 Å². The molecule has 1 rings (SSSR count). The van der Waals surface area contributed by atoms with Crippen LogP contribution in [-0.2, 0) is 4.79 Å². The number of hydrogen-bond donors (Lipinski definition) is 1. The minimum Gasteiger partial charge on any atom is -0.483 e. The summed E-state index contributed by atoms with van der Waals surface area (Å²) in [5.74, 6) is 0. The van der Waals surface area contributed by atoms with Crippen LogP contribution in [0.5, 0.6) is 0 Å². The zero-order valence-corrected chi connectivity index (χ0v) is 7.62. The molecule has 0 aliphatic rings. The van der Waals surface area contributed by atoms with Gasteiger partial charge in [-0.3, -0.25) is 9.78 Å². The molecule has 0 unspecified atom stereocenters. The van der Waals surface area contributed by atoms with Gasteiger partial charge >= 0.3 is 0 Å². The van der Waals surface area contributed by atoms with E-state index >= 15 is 0 Å². The van der Waals surface area contributed by atoms with Gasteiger partial charge < -0.3 is 5.11 Å². The molecule has 13 heavy (non-hydrogen) atoms. The molecule has 1 aromatic heterocycles. The summed E-state index contributed by atoms with van der Waals surface area (Å²) in [4.78, 5) is 12.3. The van der Waals surface area contributed by atoms with Gasteiger partial charge in [-0.15, -0.1) is 0 Å². The van der Waals surface area contributed by atoms with Crippen LogP contribution in [0.25, 0.3) is 0 Å². The Morgan fingerprint density at radius 2 is 2.31 bits per heavy atom. The quantitative estimate of drug-likeness (QED) is 0.643. The molecule has 1 heterocycles. The maximum atomic E-state index is 8.40. The van der Waals surface area contributed by atoms with Crippen LogP contribution in [0.1, 0.15) is 11.3 Å². The van der Waals surface area contributed by atoms with Crippen molar-refractivity contribution in [2.45, 2.75) is 6.92 Å². The van der Waals surface area contributed by atoms with Crippen LogP contribution in [0.2, 0.25) is 5.02 Å². The highest BCUT2D eigenvalue weighted by Crippen LogP contribution is 2.12. The van der Waals surface area contributed by atoms with Crippen LogP contribution in [0.15, 0.2) is 12.3 Å². The Labute approximate surface area is 80.4 Å². The third-order valence-corrected chi connectivity index (χ3v) is 1.54. The lowest BCUT2D eigenvalue weighted by Gasteiger charge is -1.93. The number of aromatic nitrogens is 1. The van der Waals surface area contributed by atoms with Crippen molar-refractivity contribution >= 4 is 18.1 Å². The second-order valence-corrected chi connectivity index (χ2v) is 2.42. The number of carbonyl (C=O) groups is 1. The van der Waals surface area contributed by atoms with E-state index < -0.39 is 0 Å². The van der Waals surface area contributed by atoms with E-state index in [2.05, 4.69) is 4.98 Å². The Kier molecular flexibility index (Phi) is 5.24. The first kappa shape index (κ1) is 11.4. The Morgan fingerprint density at radius 1 is 1.77 bits per heavy atom. The molecule has 0 aromatic carbocycles. The van der Waals surface area contributed by atoms with Crippen LogP contribution in [0.3, 0.4) is 0 Å². The first-order chi connectivity index (χ1) is 6.15. The maximum Gasteiger partial charge on any atom is 0.290 e. The van der Waals surface area contributed by atoms with E-state index in [0.717, 1.165) is 5.69 Å². The maximum absolute atomic E-state index is 8.40. The summed E-state index contributed by atoms with van der Waals surface area (Å²) >= 11 is 5.68. The van der Waals surface area contributed by atoms with E-state index in [9.17, 15) is 0 Å². The van der Waals surface area contributed by atoms with E-state index in [1.165, 1.54) is 6.20 Å². The molecule has 0 fully saturated rings. The summed E-state index contributed by atoms with van der Waals surface area (Å²) < 4.78 is 0. The van der Waals surface area contributed by atoms with Gasteiger partial charge in [0.2, 0.25) is 0 Å². The minimum absolute atomic E-state index is 0.250. The smallest absolute Gasteiger partial charge is 0.290 e. The van der Waals surface area contributed by atoms with Gasteiger partial charge in [0.1, 0.15) is 6.07 Å². The predicted molar refractivity (Wildman–Crippen MR) is 47.4 cm³/mol. The molecule has 0 aliphatic heterocycles. The van der Waals surface area contributed by atoms with Crippen molar-refractivity contribution in [1.29, 1.82) is 5.26 Å². The number of nitriles is 1. The van der Waals surface area contributed by atoms with Gasteiger partial charge in [-0.1, -0.05) is 11.6 Å². The van der Waals surface area contributed by atoms with E-state index in [4.69, 9.17) is 26.8 Å². The largest absolute Gasteiger partial charge is 0.483 e. The van der Waals surface area contributed by atoms with Gasteiger partial charge in [0.15, 0.2) is 0 Å². The molecule has 0 atom stereocenters. The molecule has 0 saturated carbocycles. The molecule has 0 radical (unpaired) electrons.